The van der Waals surface area contributed by atoms with Crippen molar-refractivity contribution in [1.29, 1.82) is 0 Å². The van der Waals surface area contributed by atoms with E-state index in [1.165, 1.54) is 51.4 Å². The standard InChI is InChI=1S/C24H47N3O2S/c1-2-3-4-5-6-7-8-9-10-13-16-24(29)27-21-30-20-22(27)19-23(28)26-18-15-12-11-14-17-25/h22H,2-21,25H2,1H3,(H,26,28). The van der Waals surface area contributed by atoms with Crippen molar-refractivity contribution in [1.82, 2.24) is 10.2 Å². The molecular formula is C24H47N3O2S. The summed E-state index contributed by atoms with van der Waals surface area (Å²) in [4.78, 5) is 26.8. The normalized spacial score (nSPS) is 16.2. The van der Waals surface area contributed by atoms with Gasteiger partial charge in [-0.25, -0.2) is 0 Å². The van der Waals surface area contributed by atoms with Gasteiger partial charge < -0.3 is 16.0 Å². The third kappa shape index (κ3) is 13.5. The van der Waals surface area contributed by atoms with Gasteiger partial charge in [0.15, 0.2) is 0 Å². The Morgan fingerprint density at radius 2 is 1.50 bits per heavy atom. The number of nitrogens with one attached hydrogen (secondary N) is 1. The monoisotopic (exact) mass is 441 g/mol. The van der Waals surface area contributed by atoms with Crippen molar-refractivity contribution in [2.45, 2.75) is 116 Å². The number of hydrogen-bond donors (Lipinski definition) is 2. The second-order valence-corrected chi connectivity index (χ2v) is 9.71. The van der Waals surface area contributed by atoms with E-state index in [1.54, 1.807) is 11.8 Å². The van der Waals surface area contributed by atoms with Crippen LogP contribution in [0.4, 0.5) is 0 Å². The summed E-state index contributed by atoms with van der Waals surface area (Å²) in [7, 11) is 0. The lowest BCUT2D eigenvalue weighted by Gasteiger charge is -2.23. The molecule has 0 bridgehead atoms. The zero-order valence-electron chi connectivity index (χ0n) is 19.5. The van der Waals surface area contributed by atoms with Gasteiger partial charge in [-0.05, 0) is 25.8 Å². The molecule has 1 fully saturated rings. The van der Waals surface area contributed by atoms with Crippen molar-refractivity contribution in [3.8, 4) is 0 Å². The molecule has 30 heavy (non-hydrogen) atoms. The molecule has 0 radical (unpaired) electrons. The summed E-state index contributed by atoms with van der Waals surface area (Å²) in [5, 5.41) is 3.02. The first-order chi connectivity index (χ1) is 14.7. The van der Waals surface area contributed by atoms with Crippen molar-refractivity contribution in [2.24, 2.45) is 5.73 Å². The van der Waals surface area contributed by atoms with Crippen LogP contribution in [0.1, 0.15) is 110 Å². The highest BCUT2D eigenvalue weighted by molar-refractivity contribution is 7.99. The minimum Gasteiger partial charge on any atom is -0.356 e. The second kappa shape index (κ2) is 19.0. The largest absolute Gasteiger partial charge is 0.356 e. The van der Waals surface area contributed by atoms with E-state index in [1.807, 2.05) is 4.90 Å². The first-order valence-corrected chi connectivity index (χ1v) is 13.7. The lowest BCUT2D eigenvalue weighted by atomic mass is 10.1. The topological polar surface area (TPSA) is 75.4 Å². The van der Waals surface area contributed by atoms with Gasteiger partial charge in [0, 0.05) is 25.1 Å². The van der Waals surface area contributed by atoms with Crippen LogP contribution >= 0.6 is 11.8 Å². The van der Waals surface area contributed by atoms with E-state index in [-0.39, 0.29) is 17.9 Å². The van der Waals surface area contributed by atoms with Gasteiger partial charge in [0.05, 0.1) is 11.9 Å². The molecule has 1 rings (SSSR count). The van der Waals surface area contributed by atoms with Gasteiger partial charge in [0.2, 0.25) is 11.8 Å². The molecule has 2 amide bonds. The van der Waals surface area contributed by atoms with Gasteiger partial charge in [-0.1, -0.05) is 77.6 Å². The van der Waals surface area contributed by atoms with Crippen LogP contribution < -0.4 is 11.1 Å². The molecule has 1 saturated heterocycles. The molecule has 5 nitrogen and oxygen atoms in total. The number of carbonyl (C=O) groups is 2. The number of carbonyl (C=O) groups excluding carboxylic acids is 2. The van der Waals surface area contributed by atoms with Crippen molar-refractivity contribution in [3.05, 3.63) is 0 Å². The number of thioether (sulfide) groups is 1. The van der Waals surface area contributed by atoms with Crippen molar-refractivity contribution in [3.63, 3.8) is 0 Å². The van der Waals surface area contributed by atoms with Crippen LogP contribution in [0.2, 0.25) is 0 Å². The number of hydrogen-bond acceptors (Lipinski definition) is 4. The minimum absolute atomic E-state index is 0.0721. The molecular weight excluding hydrogens is 394 g/mol. The third-order valence-electron chi connectivity index (χ3n) is 5.92. The fraction of sp³-hybridized carbons (Fsp3) is 0.917. The van der Waals surface area contributed by atoms with E-state index in [2.05, 4.69) is 12.2 Å². The Morgan fingerprint density at radius 3 is 2.17 bits per heavy atom. The minimum atomic E-state index is 0.0721. The fourth-order valence-corrected chi connectivity index (χ4v) is 5.20. The summed E-state index contributed by atoms with van der Waals surface area (Å²) < 4.78 is 0. The van der Waals surface area contributed by atoms with Gasteiger partial charge in [0.1, 0.15) is 0 Å². The molecule has 1 aliphatic heterocycles. The highest BCUT2D eigenvalue weighted by Crippen LogP contribution is 2.24. The quantitative estimate of drug-likeness (QED) is 0.269. The van der Waals surface area contributed by atoms with Crippen LogP contribution in [0.15, 0.2) is 0 Å². The average molecular weight is 442 g/mol. The maximum absolute atomic E-state index is 12.6. The summed E-state index contributed by atoms with van der Waals surface area (Å²) in [6.45, 7) is 3.73. The molecule has 1 heterocycles. The second-order valence-electron chi connectivity index (χ2n) is 8.71. The SMILES string of the molecule is CCCCCCCCCCCCC(=O)N1CSCC1CC(=O)NCCCCCCN. The fourth-order valence-electron chi connectivity index (χ4n) is 3.97. The van der Waals surface area contributed by atoms with E-state index in [9.17, 15) is 9.59 Å². The lowest BCUT2D eigenvalue weighted by Crippen LogP contribution is -2.40. The van der Waals surface area contributed by atoms with Gasteiger partial charge in [-0.2, -0.15) is 0 Å². The Morgan fingerprint density at radius 1 is 0.900 bits per heavy atom. The number of nitrogens with zero attached hydrogens (tertiary/aromatic N) is 1. The first-order valence-electron chi connectivity index (χ1n) is 12.5. The maximum Gasteiger partial charge on any atom is 0.223 e. The van der Waals surface area contributed by atoms with Crippen molar-refractivity contribution in [2.75, 3.05) is 24.7 Å². The molecule has 1 atom stereocenters. The first kappa shape index (κ1) is 27.3. The van der Waals surface area contributed by atoms with Crippen molar-refractivity contribution < 1.29 is 9.59 Å². The lowest BCUT2D eigenvalue weighted by molar-refractivity contribution is -0.132. The Hall–Kier alpha value is -0.750. The molecule has 1 unspecified atom stereocenters. The number of nitrogens with two attached hydrogens (primary N) is 1. The van der Waals surface area contributed by atoms with Crippen LogP contribution in [0.5, 0.6) is 0 Å². The highest BCUT2D eigenvalue weighted by Gasteiger charge is 2.30. The zero-order chi connectivity index (χ0) is 21.9. The van der Waals surface area contributed by atoms with Crippen LogP contribution in [0.3, 0.4) is 0 Å². The molecule has 1 aliphatic rings. The van der Waals surface area contributed by atoms with Crippen LogP contribution in [0.25, 0.3) is 0 Å². The molecule has 0 aromatic rings. The maximum atomic E-state index is 12.6. The van der Waals surface area contributed by atoms with Gasteiger partial charge in [-0.15, -0.1) is 11.8 Å². The smallest absolute Gasteiger partial charge is 0.223 e. The van der Waals surface area contributed by atoms with Crippen LogP contribution in [-0.4, -0.2) is 47.5 Å². The molecule has 0 spiro atoms. The molecule has 3 N–H and O–H groups in total. The van der Waals surface area contributed by atoms with Gasteiger partial charge in [0.25, 0.3) is 0 Å². The summed E-state index contributed by atoms with van der Waals surface area (Å²) in [6, 6.07) is 0.0721. The number of unbranched alkanes of at least 4 members (excludes halogenated alkanes) is 12. The van der Waals surface area contributed by atoms with Crippen molar-refractivity contribution >= 4 is 23.6 Å². The molecule has 6 heteroatoms. The summed E-state index contributed by atoms with van der Waals surface area (Å²) in [5.41, 5.74) is 5.49. The van der Waals surface area contributed by atoms with Crippen LogP contribution in [-0.2, 0) is 9.59 Å². The Labute approximate surface area is 189 Å². The molecule has 0 aromatic heterocycles. The molecule has 0 aromatic carbocycles. The van der Waals surface area contributed by atoms with E-state index in [0.717, 1.165) is 63.2 Å². The van der Waals surface area contributed by atoms with E-state index < -0.39 is 0 Å². The predicted octanol–water partition coefficient (Wildman–Crippen LogP) is 5.22. The van der Waals surface area contributed by atoms with E-state index in [0.29, 0.717) is 12.8 Å². The number of amides is 2. The molecule has 0 saturated carbocycles. The van der Waals surface area contributed by atoms with E-state index >= 15 is 0 Å². The average Bonchev–Trinajstić information content (AvgIpc) is 3.20. The summed E-state index contributed by atoms with van der Waals surface area (Å²) in [5.74, 6) is 1.94. The summed E-state index contributed by atoms with van der Waals surface area (Å²) in [6.07, 6.45) is 18.2. The summed E-state index contributed by atoms with van der Waals surface area (Å²) >= 11 is 1.77. The van der Waals surface area contributed by atoms with Crippen LogP contribution in [0, 0.1) is 0 Å². The predicted molar refractivity (Wildman–Crippen MR) is 130 cm³/mol. The van der Waals surface area contributed by atoms with E-state index in [4.69, 9.17) is 5.73 Å². The van der Waals surface area contributed by atoms with Gasteiger partial charge in [-0.3, -0.25) is 9.59 Å². The molecule has 176 valence electrons. The highest BCUT2D eigenvalue weighted by atomic mass is 32.2. The molecule has 0 aliphatic carbocycles. The Balaban J connectivity index is 2.07. The Bertz CT molecular complexity index is 448. The number of rotatable bonds is 19. The third-order valence-corrected chi connectivity index (χ3v) is 7.00. The Kier molecular flexibility index (Phi) is 17.3. The zero-order valence-corrected chi connectivity index (χ0v) is 20.3. The van der Waals surface area contributed by atoms with Gasteiger partial charge >= 0.3 is 0 Å².